The predicted molar refractivity (Wildman–Crippen MR) is 129 cm³/mol. The number of unbranched alkanes of at least 4 members (excludes halogenated alkanes) is 8. The molecule has 2 bridgehead atoms. The van der Waals surface area contributed by atoms with E-state index in [9.17, 15) is 0 Å². The maximum absolute atomic E-state index is 3.58. The highest BCUT2D eigenvalue weighted by molar-refractivity contribution is 5.82. The van der Waals surface area contributed by atoms with Crippen molar-refractivity contribution in [2.45, 2.75) is 77.2 Å². The molecule has 0 fully saturated rings. The first-order valence-corrected chi connectivity index (χ1v) is 11.7. The molecule has 2 heterocycles. The van der Waals surface area contributed by atoms with Gasteiger partial charge in [0.2, 0.25) is 0 Å². The van der Waals surface area contributed by atoms with Crippen LogP contribution < -0.4 is 5.32 Å². The number of rotatable bonds is 10. The Morgan fingerprint density at radius 1 is 0.586 bits per heavy atom. The zero-order valence-corrected chi connectivity index (χ0v) is 18.1. The van der Waals surface area contributed by atoms with E-state index in [1.54, 1.807) is 0 Å². The standard InChI is InChI=1S/C18H29N.C10H8/c1-2-3-4-5-6-7-8-9-10-11-18-16-12-14-17(19-18)15-13-16;1-2-6-10-8-4-3-7-9(10)5-1/h12-15,18-19H,2-11H2,1H3;1-8H. The number of hydrogen-bond donors (Lipinski definition) is 1. The maximum atomic E-state index is 3.58. The SMILES string of the molecule is CCCCCCCCCCCC1Nc2ccc1cc2.c1ccc2ccccc2c1. The van der Waals surface area contributed by atoms with Gasteiger partial charge in [-0.05, 0) is 34.9 Å². The third kappa shape index (κ3) is 7.24. The fourth-order valence-corrected chi connectivity index (χ4v) is 4.13. The normalized spacial score (nSPS) is 14.3. The lowest BCUT2D eigenvalue weighted by atomic mass is 9.96. The van der Waals surface area contributed by atoms with Crippen molar-refractivity contribution in [3.05, 3.63) is 78.4 Å². The van der Waals surface area contributed by atoms with Crippen molar-refractivity contribution in [1.29, 1.82) is 0 Å². The quantitative estimate of drug-likeness (QED) is 0.342. The van der Waals surface area contributed by atoms with E-state index in [4.69, 9.17) is 0 Å². The highest BCUT2D eigenvalue weighted by atomic mass is 14.9. The molecule has 1 nitrogen and oxygen atoms in total. The summed E-state index contributed by atoms with van der Waals surface area (Å²) in [5.74, 6) is 0. The molecule has 154 valence electrons. The molecule has 3 aromatic rings. The second-order valence-electron chi connectivity index (χ2n) is 8.28. The molecule has 1 heteroatoms. The van der Waals surface area contributed by atoms with E-state index in [2.05, 4.69) is 85.0 Å². The molecule has 0 aromatic heterocycles. The molecule has 0 spiro atoms. The van der Waals surface area contributed by atoms with E-state index in [0.717, 1.165) is 0 Å². The third-order valence-corrected chi connectivity index (χ3v) is 5.91. The van der Waals surface area contributed by atoms with E-state index < -0.39 is 0 Å². The van der Waals surface area contributed by atoms with Gasteiger partial charge in [0.25, 0.3) is 0 Å². The topological polar surface area (TPSA) is 12.0 Å². The van der Waals surface area contributed by atoms with Crippen molar-refractivity contribution >= 4 is 16.5 Å². The number of benzene rings is 3. The van der Waals surface area contributed by atoms with E-state index in [1.165, 1.54) is 86.2 Å². The summed E-state index contributed by atoms with van der Waals surface area (Å²) < 4.78 is 0. The van der Waals surface area contributed by atoms with Crippen molar-refractivity contribution in [1.82, 2.24) is 0 Å². The fourth-order valence-electron chi connectivity index (χ4n) is 4.13. The third-order valence-electron chi connectivity index (χ3n) is 5.91. The van der Waals surface area contributed by atoms with Crippen LogP contribution in [0.25, 0.3) is 10.8 Å². The van der Waals surface area contributed by atoms with Crippen LogP contribution in [0.1, 0.15) is 82.7 Å². The summed E-state index contributed by atoms with van der Waals surface area (Å²) in [4.78, 5) is 0. The van der Waals surface area contributed by atoms with Crippen LogP contribution in [0.4, 0.5) is 5.69 Å². The van der Waals surface area contributed by atoms with Gasteiger partial charge in [0.1, 0.15) is 0 Å². The van der Waals surface area contributed by atoms with Crippen molar-refractivity contribution in [2.75, 3.05) is 5.32 Å². The summed E-state index contributed by atoms with van der Waals surface area (Å²) in [6.07, 6.45) is 14.0. The summed E-state index contributed by atoms with van der Waals surface area (Å²) in [6, 6.07) is 26.2. The lowest BCUT2D eigenvalue weighted by molar-refractivity contribution is 0.540. The van der Waals surface area contributed by atoms with E-state index >= 15 is 0 Å². The van der Waals surface area contributed by atoms with Gasteiger partial charge in [0.05, 0.1) is 6.04 Å². The lowest BCUT2D eigenvalue weighted by Gasteiger charge is -2.25. The van der Waals surface area contributed by atoms with E-state index in [1.807, 2.05) is 0 Å². The van der Waals surface area contributed by atoms with Gasteiger partial charge in [-0.2, -0.15) is 0 Å². The molecule has 5 rings (SSSR count). The molecule has 0 saturated heterocycles. The van der Waals surface area contributed by atoms with Gasteiger partial charge < -0.3 is 5.32 Å². The predicted octanol–water partition coefficient (Wildman–Crippen LogP) is 8.91. The smallest absolute Gasteiger partial charge is 0.0513 e. The molecule has 0 amide bonds. The molecule has 1 N–H and O–H groups in total. The molecule has 2 aliphatic heterocycles. The highest BCUT2D eigenvalue weighted by Gasteiger charge is 2.15. The van der Waals surface area contributed by atoms with Gasteiger partial charge in [-0.1, -0.05) is 125 Å². The van der Waals surface area contributed by atoms with Crippen LogP contribution >= 0.6 is 0 Å². The van der Waals surface area contributed by atoms with Crippen molar-refractivity contribution < 1.29 is 0 Å². The first kappa shape index (κ1) is 21.4. The Morgan fingerprint density at radius 3 is 1.52 bits per heavy atom. The van der Waals surface area contributed by atoms with Gasteiger partial charge in [-0.15, -0.1) is 0 Å². The minimum atomic E-state index is 0.592. The second-order valence-corrected chi connectivity index (χ2v) is 8.28. The van der Waals surface area contributed by atoms with Crippen LogP contribution in [-0.2, 0) is 0 Å². The summed E-state index contributed by atoms with van der Waals surface area (Å²) in [6.45, 7) is 2.28. The molecule has 0 radical (unpaired) electrons. The Balaban J connectivity index is 0.000000200. The zero-order valence-electron chi connectivity index (χ0n) is 18.1. The average molecular weight is 388 g/mol. The van der Waals surface area contributed by atoms with Gasteiger partial charge in [0.15, 0.2) is 0 Å². The van der Waals surface area contributed by atoms with Crippen molar-refractivity contribution in [3.63, 3.8) is 0 Å². The van der Waals surface area contributed by atoms with Crippen LogP contribution in [0.3, 0.4) is 0 Å². The van der Waals surface area contributed by atoms with Crippen LogP contribution in [0, 0.1) is 0 Å². The molecule has 0 saturated carbocycles. The Labute approximate surface area is 177 Å². The largest absolute Gasteiger partial charge is 0.378 e. The second kappa shape index (κ2) is 12.3. The number of nitrogens with one attached hydrogen (secondary N) is 1. The Morgan fingerprint density at radius 2 is 1.07 bits per heavy atom. The molecule has 0 aliphatic carbocycles. The minimum Gasteiger partial charge on any atom is -0.378 e. The first-order chi connectivity index (χ1) is 14.4. The molecular weight excluding hydrogens is 350 g/mol. The van der Waals surface area contributed by atoms with Crippen LogP contribution in [0.2, 0.25) is 0 Å². The maximum Gasteiger partial charge on any atom is 0.0513 e. The minimum absolute atomic E-state index is 0.592. The number of anilines is 1. The molecule has 1 unspecified atom stereocenters. The van der Waals surface area contributed by atoms with Crippen molar-refractivity contribution in [2.24, 2.45) is 0 Å². The van der Waals surface area contributed by atoms with Crippen LogP contribution in [0.15, 0.2) is 72.8 Å². The summed E-state index contributed by atoms with van der Waals surface area (Å²) in [7, 11) is 0. The van der Waals surface area contributed by atoms with Gasteiger partial charge >= 0.3 is 0 Å². The van der Waals surface area contributed by atoms with Gasteiger partial charge in [0, 0.05) is 5.69 Å². The Kier molecular flexibility index (Phi) is 9.10. The fraction of sp³-hybridized carbons (Fsp3) is 0.429. The highest BCUT2D eigenvalue weighted by Crippen LogP contribution is 2.30. The average Bonchev–Trinajstić information content (AvgIpc) is 2.79. The molecule has 1 atom stereocenters. The first-order valence-electron chi connectivity index (χ1n) is 11.7. The lowest BCUT2D eigenvalue weighted by Crippen LogP contribution is -2.14. The number of hydrogen-bond acceptors (Lipinski definition) is 1. The molecular formula is C28H37N. The summed E-state index contributed by atoms with van der Waals surface area (Å²) in [5, 5.41) is 6.20. The monoisotopic (exact) mass is 387 g/mol. The van der Waals surface area contributed by atoms with Crippen LogP contribution in [-0.4, -0.2) is 0 Å². The van der Waals surface area contributed by atoms with Gasteiger partial charge in [-0.3, -0.25) is 0 Å². The van der Waals surface area contributed by atoms with Gasteiger partial charge in [-0.25, -0.2) is 0 Å². The summed E-state index contributed by atoms with van der Waals surface area (Å²) >= 11 is 0. The summed E-state index contributed by atoms with van der Waals surface area (Å²) in [5.41, 5.74) is 2.76. The number of fused-ring (bicyclic) bond motifs is 4. The molecule has 29 heavy (non-hydrogen) atoms. The van der Waals surface area contributed by atoms with E-state index in [-0.39, 0.29) is 0 Å². The Hall–Kier alpha value is -2.28. The van der Waals surface area contributed by atoms with E-state index in [0.29, 0.717) is 6.04 Å². The molecule has 3 aromatic carbocycles. The van der Waals surface area contributed by atoms with Crippen molar-refractivity contribution in [3.8, 4) is 0 Å². The Bertz CT molecular complexity index is 756. The van der Waals surface area contributed by atoms with Crippen LogP contribution in [0.5, 0.6) is 0 Å². The molecule has 2 aliphatic rings. The zero-order chi connectivity index (χ0) is 20.2.